The van der Waals surface area contributed by atoms with Crippen molar-refractivity contribution in [2.75, 3.05) is 40.1 Å². The van der Waals surface area contributed by atoms with Gasteiger partial charge in [-0.1, -0.05) is 32.9 Å². The van der Waals surface area contributed by atoms with Gasteiger partial charge in [0, 0.05) is 0 Å². The van der Waals surface area contributed by atoms with E-state index in [1.54, 1.807) is 0 Å². The summed E-state index contributed by atoms with van der Waals surface area (Å²) in [7, 11) is 1.21. The van der Waals surface area contributed by atoms with Gasteiger partial charge in [-0.05, 0) is 23.1 Å². The SMILES string of the molecule is COC(=O)CN1C(=O)C2(COCCOC2)N(C(=O)O)C(C(C)(C)C)C1c1ccc(F)cc1. The van der Waals surface area contributed by atoms with Gasteiger partial charge in [0.25, 0.3) is 5.91 Å². The smallest absolute Gasteiger partial charge is 0.408 e. The van der Waals surface area contributed by atoms with Crippen molar-refractivity contribution in [2.45, 2.75) is 38.4 Å². The second-order valence-electron chi connectivity index (χ2n) is 9.11. The van der Waals surface area contributed by atoms with E-state index < -0.39 is 53.4 Å². The number of hydrogen-bond acceptors (Lipinski definition) is 6. The van der Waals surface area contributed by atoms with Crippen LogP contribution < -0.4 is 0 Å². The van der Waals surface area contributed by atoms with Crippen LogP contribution in [0.5, 0.6) is 0 Å². The van der Waals surface area contributed by atoms with E-state index in [0.29, 0.717) is 5.56 Å². The number of carbonyl (C=O) groups excluding carboxylic acids is 2. The molecular weight excluding hydrogens is 423 g/mol. The summed E-state index contributed by atoms with van der Waals surface area (Å²) in [6, 6.07) is 3.79. The molecule has 9 nitrogen and oxygen atoms in total. The number of carbonyl (C=O) groups is 3. The fourth-order valence-electron chi connectivity index (χ4n) is 4.54. The first kappa shape index (κ1) is 23.9. The van der Waals surface area contributed by atoms with Crippen LogP contribution in [0.3, 0.4) is 0 Å². The number of carboxylic acid groups (broad SMARTS) is 1. The molecule has 3 rings (SSSR count). The van der Waals surface area contributed by atoms with Crippen LogP contribution >= 0.6 is 0 Å². The van der Waals surface area contributed by atoms with Gasteiger partial charge in [-0.15, -0.1) is 0 Å². The number of rotatable bonds is 3. The topological polar surface area (TPSA) is 106 Å². The number of ether oxygens (including phenoxy) is 3. The Hall–Kier alpha value is -2.72. The molecule has 2 aliphatic rings. The number of nitrogens with zero attached hydrogens (tertiary/aromatic N) is 2. The van der Waals surface area contributed by atoms with Crippen LogP contribution in [0.15, 0.2) is 24.3 Å². The van der Waals surface area contributed by atoms with Gasteiger partial charge in [0.15, 0.2) is 5.54 Å². The molecule has 2 unspecified atom stereocenters. The predicted molar refractivity (Wildman–Crippen MR) is 110 cm³/mol. The first-order valence-electron chi connectivity index (χ1n) is 10.3. The Balaban J connectivity index is 2.26. The maximum absolute atomic E-state index is 13.9. The van der Waals surface area contributed by atoms with Gasteiger partial charge >= 0.3 is 12.1 Å². The van der Waals surface area contributed by atoms with Crippen molar-refractivity contribution in [3.8, 4) is 0 Å². The van der Waals surface area contributed by atoms with Crippen molar-refractivity contribution in [1.29, 1.82) is 0 Å². The Bertz CT molecular complexity index is 860. The molecule has 1 aromatic rings. The molecule has 1 spiro atoms. The molecule has 2 amide bonds. The number of esters is 1. The standard InChI is InChI=1S/C22H29FN2O7/c1-21(2,3)18-17(14-5-7-15(23)8-6-14)24(11-16(26)30-4)19(27)22(25(18)20(28)29)12-31-9-10-32-13-22/h5-8,17-18H,9-13H2,1-4H3,(H,28,29). The average molecular weight is 452 g/mol. The van der Waals surface area contributed by atoms with Crippen LogP contribution in [0.4, 0.5) is 9.18 Å². The number of amides is 2. The van der Waals surface area contributed by atoms with Crippen LogP contribution in [0.25, 0.3) is 0 Å². The van der Waals surface area contributed by atoms with Crippen molar-refractivity contribution in [3.63, 3.8) is 0 Å². The lowest BCUT2D eigenvalue weighted by Gasteiger charge is -2.58. The lowest BCUT2D eigenvalue weighted by atomic mass is 9.73. The highest BCUT2D eigenvalue weighted by atomic mass is 19.1. The minimum Gasteiger partial charge on any atom is -0.468 e. The summed E-state index contributed by atoms with van der Waals surface area (Å²) < 4.78 is 29.7. The Morgan fingerprint density at radius 2 is 1.75 bits per heavy atom. The quantitative estimate of drug-likeness (QED) is 0.700. The van der Waals surface area contributed by atoms with Crippen LogP contribution in [0, 0.1) is 11.2 Å². The van der Waals surface area contributed by atoms with E-state index in [0.717, 1.165) is 4.90 Å². The third kappa shape index (κ3) is 4.29. The van der Waals surface area contributed by atoms with Crippen molar-refractivity contribution in [2.24, 2.45) is 5.41 Å². The van der Waals surface area contributed by atoms with Crippen molar-refractivity contribution >= 4 is 18.0 Å². The second kappa shape index (κ2) is 9.03. The molecule has 0 saturated carbocycles. The zero-order valence-electron chi connectivity index (χ0n) is 18.7. The molecule has 0 radical (unpaired) electrons. The van der Waals surface area contributed by atoms with E-state index in [9.17, 15) is 23.9 Å². The molecule has 0 aliphatic carbocycles. The third-order valence-electron chi connectivity index (χ3n) is 5.92. The van der Waals surface area contributed by atoms with Crippen LogP contribution in [0.1, 0.15) is 32.4 Å². The minimum absolute atomic E-state index is 0.209. The maximum Gasteiger partial charge on any atom is 0.408 e. The normalized spacial score (nSPS) is 23.7. The zero-order chi connectivity index (χ0) is 23.7. The van der Waals surface area contributed by atoms with Gasteiger partial charge < -0.3 is 24.2 Å². The fraction of sp³-hybridized carbons (Fsp3) is 0.591. The minimum atomic E-state index is -1.68. The molecule has 1 aromatic carbocycles. The Morgan fingerprint density at radius 3 is 2.22 bits per heavy atom. The lowest BCUT2D eigenvalue weighted by Crippen LogP contribution is -2.76. The number of methoxy groups -OCH3 is 1. The largest absolute Gasteiger partial charge is 0.468 e. The van der Waals surface area contributed by atoms with Gasteiger partial charge in [0.05, 0.1) is 45.6 Å². The van der Waals surface area contributed by atoms with Crippen LogP contribution in [0.2, 0.25) is 0 Å². The summed E-state index contributed by atoms with van der Waals surface area (Å²) in [4.78, 5) is 41.3. The Morgan fingerprint density at radius 1 is 1.19 bits per heavy atom. The second-order valence-corrected chi connectivity index (χ2v) is 9.11. The summed E-state index contributed by atoms with van der Waals surface area (Å²) in [5, 5.41) is 10.3. The lowest BCUT2D eigenvalue weighted by molar-refractivity contribution is -0.179. The van der Waals surface area contributed by atoms with Gasteiger partial charge in [-0.3, -0.25) is 14.5 Å². The van der Waals surface area contributed by atoms with Crippen molar-refractivity contribution in [1.82, 2.24) is 9.80 Å². The number of halogens is 1. The highest BCUT2D eigenvalue weighted by Crippen LogP contribution is 2.46. The van der Waals surface area contributed by atoms with Crippen molar-refractivity contribution < 1.29 is 38.1 Å². The first-order chi connectivity index (χ1) is 15.0. The van der Waals surface area contributed by atoms with Crippen LogP contribution in [-0.4, -0.2) is 84.5 Å². The van der Waals surface area contributed by atoms with Gasteiger partial charge in [-0.2, -0.15) is 0 Å². The summed E-state index contributed by atoms with van der Waals surface area (Å²) in [5.41, 5.74) is -1.86. The van der Waals surface area contributed by atoms with E-state index >= 15 is 0 Å². The molecule has 10 heteroatoms. The molecule has 0 bridgehead atoms. The van der Waals surface area contributed by atoms with Crippen LogP contribution in [-0.2, 0) is 23.8 Å². The molecule has 2 saturated heterocycles. The molecular formula is C22H29FN2O7. The molecule has 176 valence electrons. The molecule has 2 heterocycles. The van der Waals surface area contributed by atoms with E-state index in [1.807, 2.05) is 20.8 Å². The van der Waals surface area contributed by atoms with E-state index in [-0.39, 0.29) is 26.4 Å². The molecule has 1 N–H and O–H groups in total. The number of benzene rings is 1. The summed E-state index contributed by atoms with van der Waals surface area (Å²) in [5.74, 6) is -1.76. The van der Waals surface area contributed by atoms with Crippen molar-refractivity contribution in [3.05, 3.63) is 35.6 Å². The van der Waals surface area contributed by atoms with Gasteiger partial charge in [-0.25, -0.2) is 9.18 Å². The molecule has 32 heavy (non-hydrogen) atoms. The van der Waals surface area contributed by atoms with E-state index in [4.69, 9.17) is 14.2 Å². The highest BCUT2D eigenvalue weighted by molar-refractivity contribution is 5.94. The molecule has 2 fully saturated rings. The molecule has 0 aromatic heterocycles. The number of hydrogen-bond donors (Lipinski definition) is 1. The Labute approximate surface area is 186 Å². The number of piperazine rings is 1. The molecule has 2 atom stereocenters. The van der Waals surface area contributed by atoms with E-state index in [2.05, 4.69) is 0 Å². The summed E-state index contributed by atoms with van der Waals surface area (Å²) >= 11 is 0. The summed E-state index contributed by atoms with van der Waals surface area (Å²) in [6.07, 6.45) is -1.31. The monoisotopic (exact) mass is 452 g/mol. The highest BCUT2D eigenvalue weighted by Gasteiger charge is 2.62. The fourth-order valence-corrected chi connectivity index (χ4v) is 4.54. The average Bonchev–Trinajstić information content (AvgIpc) is 2.97. The Kier molecular flexibility index (Phi) is 6.75. The van der Waals surface area contributed by atoms with Gasteiger partial charge in [0.2, 0.25) is 0 Å². The third-order valence-corrected chi connectivity index (χ3v) is 5.92. The molecule has 2 aliphatic heterocycles. The van der Waals surface area contributed by atoms with E-state index in [1.165, 1.54) is 36.3 Å². The zero-order valence-corrected chi connectivity index (χ0v) is 18.7. The van der Waals surface area contributed by atoms with Gasteiger partial charge in [0.1, 0.15) is 12.4 Å². The maximum atomic E-state index is 13.9. The predicted octanol–water partition coefficient (Wildman–Crippen LogP) is 2.06. The first-order valence-corrected chi connectivity index (χ1v) is 10.3. The summed E-state index contributed by atoms with van der Waals surface area (Å²) in [6.45, 7) is 5.14.